The topological polar surface area (TPSA) is 61.4 Å². The summed E-state index contributed by atoms with van der Waals surface area (Å²) < 4.78 is 10.4. The van der Waals surface area contributed by atoms with E-state index in [-0.39, 0.29) is 11.9 Å². The van der Waals surface area contributed by atoms with Crippen molar-refractivity contribution in [1.29, 1.82) is 0 Å². The summed E-state index contributed by atoms with van der Waals surface area (Å²) >= 11 is 1.53. The van der Waals surface area contributed by atoms with Gasteiger partial charge in [-0.15, -0.1) is 0 Å². The van der Waals surface area contributed by atoms with Crippen molar-refractivity contribution in [3.63, 3.8) is 0 Å². The van der Waals surface area contributed by atoms with Gasteiger partial charge in [0.25, 0.3) is 5.91 Å². The van der Waals surface area contributed by atoms with Gasteiger partial charge in [-0.25, -0.2) is 0 Å². The molecular weight excluding hydrogens is 360 g/mol. The van der Waals surface area contributed by atoms with Crippen molar-refractivity contribution >= 4 is 27.5 Å². The minimum Gasteiger partial charge on any atom is -0.380 e. The summed E-state index contributed by atoms with van der Waals surface area (Å²) in [6, 6.07) is 6.15. The maximum absolute atomic E-state index is 12.8. The van der Waals surface area contributed by atoms with Crippen LogP contribution in [0, 0.1) is 13.8 Å². The maximum atomic E-state index is 12.8. The van der Waals surface area contributed by atoms with Crippen LogP contribution in [0.1, 0.15) is 48.4 Å². The molecule has 0 saturated carbocycles. The van der Waals surface area contributed by atoms with Crippen molar-refractivity contribution in [2.45, 2.75) is 47.2 Å². The van der Waals surface area contributed by atoms with Crippen LogP contribution in [0.2, 0.25) is 0 Å². The van der Waals surface area contributed by atoms with Crippen molar-refractivity contribution < 1.29 is 9.53 Å². The third-order valence-electron chi connectivity index (χ3n) is 4.54. The van der Waals surface area contributed by atoms with Crippen molar-refractivity contribution in [3.05, 3.63) is 46.0 Å². The molecule has 0 spiro atoms. The molecule has 0 aliphatic carbocycles. The van der Waals surface area contributed by atoms with E-state index in [1.165, 1.54) is 22.5 Å². The molecule has 0 N–H and O–H groups in total. The molecule has 27 heavy (non-hydrogen) atoms. The van der Waals surface area contributed by atoms with Crippen LogP contribution >= 0.6 is 11.3 Å². The Bertz CT molecular complexity index is 1030. The number of carbonyl (C=O) groups is 1. The molecule has 2 aromatic heterocycles. The lowest BCUT2D eigenvalue weighted by Gasteiger charge is -2.08. The van der Waals surface area contributed by atoms with E-state index < -0.39 is 0 Å². The Hall–Kier alpha value is -2.25. The van der Waals surface area contributed by atoms with E-state index in [1.807, 2.05) is 20.8 Å². The van der Waals surface area contributed by atoms with Crippen LogP contribution in [0.3, 0.4) is 0 Å². The Balaban J connectivity index is 2.11. The van der Waals surface area contributed by atoms with E-state index in [4.69, 9.17) is 4.74 Å². The van der Waals surface area contributed by atoms with Gasteiger partial charge in [0.2, 0.25) is 0 Å². The van der Waals surface area contributed by atoms with Crippen LogP contribution in [-0.4, -0.2) is 33.5 Å². The monoisotopic (exact) mass is 386 g/mol. The molecule has 144 valence electrons. The van der Waals surface area contributed by atoms with E-state index in [1.54, 1.807) is 16.9 Å². The van der Waals surface area contributed by atoms with Crippen molar-refractivity contribution in [3.8, 4) is 0 Å². The van der Waals surface area contributed by atoms with Gasteiger partial charge in [-0.3, -0.25) is 9.48 Å². The Morgan fingerprint density at radius 3 is 2.74 bits per heavy atom. The number of rotatable bonds is 6. The number of fused-ring (bicyclic) bond motifs is 1. The minimum atomic E-state index is -0.272. The Labute approximate surface area is 163 Å². The highest BCUT2D eigenvalue weighted by molar-refractivity contribution is 7.16. The van der Waals surface area contributed by atoms with Crippen molar-refractivity contribution in [2.24, 2.45) is 4.99 Å². The molecule has 0 aliphatic heterocycles. The fourth-order valence-corrected chi connectivity index (χ4v) is 4.10. The van der Waals surface area contributed by atoms with Gasteiger partial charge < -0.3 is 9.30 Å². The van der Waals surface area contributed by atoms with Crippen LogP contribution in [-0.2, 0) is 11.3 Å². The van der Waals surface area contributed by atoms with E-state index >= 15 is 0 Å². The quantitative estimate of drug-likeness (QED) is 0.604. The molecule has 0 bridgehead atoms. The van der Waals surface area contributed by atoms with Gasteiger partial charge in [-0.05, 0) is 63.9 Å². The molecule has 7 heteroatoms. The molecular formula is C20H26N4O2S. The zero-order chi connectivity index (χ0) is 19.6. The zero-order valence-electron chi connectivity index (χ0n) is 16.5. The van der Waals surface area contributed by atoms with E-state index in [9.17, 15) is 4.79 Å². The molecule has 1 aromatic carbocycles. The number of aromatic nitrogens is 3. The molecule has 3 aromatic rings. The Morgan fingerprint density at radius 1 is 1.30 bits per heavy atom. The summed E-state index contributed by atoms with van der Waals surface area (Å²) in [5, 5.41) is 4.24. The summed E-state index contributed by atoms with van der Waals surface area (Å²) in [5.41, 5.74) is 4.05. The highest BCUT2D eigenvalue weighted by Crippen LogP contribution is 2.22. The average molecular weight is 387 g/mol. The Morgan fingerprint density at radius 2 is 2.04 bits per heavy atom. The molecule has 1 amide bonds. The number of hydrogen-bond donors (Lipinski definition) is 0. The first-order valence-corrected chi connectivity index (χ1v) is 10.0. The molecule has 0 fully saturated rings. The molecule has 3 rings (SSSR count). The maximum Gasteiger partial charge on any atom is 0.297 e. The summed E-state index contributed by atoms with van der Waals surface area (Å²) in [6.45, 7) is 12.1. The molecule has 2 heterocycles. The predicted octanol–water partition coefficient (Wildman–Crippen LogP) is 3.87. The van der Waals surface area contributed by atoms with Crippen molar-refractivity contribution in [1.82, 2.24) is 14.3 Å². The second kappa shape index (κ2) is 8.19. The van der Waals surface area contributed by atoms with Gasteiger partial charge in [-0.1, -0.05) is 11.3 Å². The van der Waals surface area contributed by atoms with Crippen LogP contribution in [0.25, 0.3) is 10.2 Å². The molecule has 0 radical (unpaired) electrons. The number of amides is 1. The van der Waals surface area contributed by atoms with Crippen LogP contribution in [0.5, 0.6) is 0 Å². The van der Waals surface area contributed by atoms with Crippen LogP contribution in [0.15, 0.2) is 29.4 Å². The summed E-state index contributed by atoms with van der Waals surface area (Å²) in [6.07, 6.45) is 1.64. The molecule has 0 saturated heterocycles. The van der Waals surface area contributed by atoms with Crippen LogP contribution in [0.4, 0.5) is 0 Å². The first-order valence-electron chi connectivity index (χ1n) is 9.23. The number of ether oxygens (including phenoxy) is 1. The third-order valence-corrected chi connectivity index (χ3v) is 5.58. The average Bonchev–Trinajstić information content (AvgIpc) is 3.22. The smallest absolute Gasteiger partial charge is 0.297 e. The normalized spacial score (nSPS) is 12.4. The molecule has 0 atom stereocenters. The number of carbonyl (C=O) groups excluding carboxylic acids is 1. The number of thiazole rings is 1. The van der Waals surface area contributed by atoms with Gasteiger partial charge in [-0.2, -0.15) is 10.1 Å². The SMILES string of the molecule is CCOCCn1c(=NC(=O)c2ccnn2C(C)C)sc2cc(C)c(C)cc21. The Kier molecular flexibility index (Phi) is 5.92. The fourth-order valence-electron chi connectivity index (χ4n) is 2.96. The second-order valence-corrected chi connectivity index (χ2v) is 7.82. The number of aryl methyl sites for hydroxylation is 2. The second-order valence-electron chi connectivity index (χ2n) is 6.81. The highest BCUT2D eigenvalue weighted by Gasteiger charge is 2.15. The van der Waals surface area contributed by atoms with Gasteiger partial charge in [0.1, 0.15) is 5.69 Å². The first-order chi connectivity index (χ1) is 12.9. The highest BCUT2D eigenvalue weighted by atomic mass is 32.1. The summed E-state index contributed by atoms with van der Waals surface area (Å²) in [4.78, 5) is 18.0. The molecule has 0 aliphatic rings. The minimum absolute atomic E-state index is 0.104. The zero-order valence-corrected chi connectivity index (χ0v) is 17.3. The van der Waals surface area contributed by atoms with E-state index in [0.717, 1.165) is 10.2 Å². The summed E-state index contributed by atoms with van der Waals surface area (Å²) in [7, 11) is 0. The lowest BCUT2D eigenvalue weighted by atomic mass is 10.1. The van der Waals surface area contributed by atoms with Crippen molar-refractivity contribution in [2.75, 3.05) is 13.2 Å². The van der Waals surface area contributed by atoms with Gasteiger partial charge in [0.15, 0.2) is 4.80 Å². The number of hydrogen-bond acceptors (Lipinski definition) is 4. The lowest BCUT2D eigenvalue weighted by Crippen LogP contribution is -2.21. The predicted molar refractivity (Wildman–Crippen MR) is 108 cm³/mol. The largest absolute Gasteiger partial charge is 0.380 e. The first kappa shape index (κ1) is 19.5. The van der Waals surface area contributed by atoms with Crippen LogP contribution < -0.4 is 4.80 Å². The third kappa shape index (κ3) is 4.04. The van der Waals surface area contributed by atoms with Gasteiger partial charge in [0, 0.05) is 25.4 Å². The lowest BCUT2D eigenvalue weighted by molar-refractivity contribution is 0.0984. The summed E-state index contributed by atoms with van der Waals surface area (Å²) in [5.74, 6) is -0.272. The van der Waals surface area contributed by atoms with E-state index in [0.29, 0.717) is 30.3 Å². The van der Waals surface area contributed by atoms with Gasteiger partial charge in [0.05, 0.1) is 16.8 Å². The number of benzene rings is 1. The standard InChI is InChI=1S/C20H26N4O2S/c1-6-26-10-9-23-17-11-14(4)15(5)12-18(17)27-20(23)22-19(25)16-7-8-21-24(16)13(2)3/h7-8,11-13H,6,9-10H2,1-5H3. The number of nitrogens with zero attached hydrogens (tertiary/aromatic N) is 4. The molecule has 6 nitrogen and oxygen atoms in total. The van der Waals surface area contributed by atoms with Gasteiger partial charge >= 0.3 is 0 Å². The van der Waals surface area contributed by atoms with E-state index in [2.05, 4.69) is 40.6 Å². The fraction of sp³-hybridized carbons (Fsp3) is 0.450. The molecule has 0 unspecified atom stereocenters.